The first-order valence-corrected chi connectivity index (χ1v) is 7.51. The van der Waals surface area contributed by atoms with Gasteiger partial charge in [-0.15, -0.1) is 11.8 Å². The van der Waals surface area contributed by atoms with E-state index in [1.54, 1.807) is 17.8 Å². The van der Waals surface area contributed by atoms with Crippen LogP contribution in [0.25, 0.3) is 0 Å². The fourth-order valence-corrected chi connectivity index (χ4v) is 2.98. The van der Waals surface area contributed by atoms with Gasteiger partial charge >= 0.3 is 0 Å². The molecule has 0 aliphatic rings. The molecule has 1 aromatic carbocycles. The molecule has 0 unspecified atom stereocenters. The summed E-state index contributed by atoms with van der Waals surface area (Å²) in [6.45, 7) is 3.96. The summed E-state index contributed by atoms with van der Waals surface area (Å²) in [5.74, 6) is 0.758. The minimum absolute atomic E-state index is 0.569. The monoisotopic (exact) mass is 312 g/mol. The Morgan fingerprint density at radius 2 is 1.95 bits per heavy atom. The number of nitrogen functional groups attached to an aromatic ring is 1. The van der Waals surface area contributed by atoms with Crippen molar-refractivity contribution in [3.63, 3.8) is 0 Å². The normalized spacial score (nSPS) is 10.7. The van der Waals surface area contributed by atoms with Gasteiger partial charge in [0.15, 0.2) is 0 Å². The van der Waals surface area contributed by atoms with E-state index in [-0.39, 0.29) is 0 Å². The highest BCUT2D eigenvalue weighted by Crippen LogP contribution is 2.30. The average molecular weight is 313 g/mol. The van der Waals surface area contributed by atoms with Gasteiger partial charge in [0.05, 0.1) is 15.7 Å². The Kier molecular flexibility index (Phi) is 4.61. The molecule has 0 aliphatic carbocycles. The number of benzene rings is 1. The van der Waals surface area contributed by atoms with Crippen LogP contribution in [0.2, 0.25) is 10.0 Å². The van der Waals surface area contributed by atoms with Crippen molar-refractivity contribution in [3.05, 3.63) is 51.3 Å². The van der Waals surface area contributed by atoms with Gasteiger partial charge in [-0.2, -0.15) is 0 Å². The molecule has 1 aromatic heterocycles. The van der Waals surface area contributed by atoms with Gasteiger partial charge in [0, 0.05) is 22.5 Å². The molecule has 2 nitrogen and oxygen atoms in total. The van der Waals surface area contributed by atoms with Crippen molar-refractivity contribution in [2.75, 3.05) is 5.73 Å². The highest BCUT2D eigenvalue weighted by atomic mass is 35.5. The first-order valence-electron chi connectivity index (χ1n) is 5.77. The Bertz CT molecular complexity index is 615. The maximum atomic E-state index is 6.01. The van der Waals surface area contributed by atoms with Crippen LogP contribution in [0, 0.1) is 13.8 Å². The molecule has 2 rings (SSSR count). The molecular weight excluding hydrogens is 299 g/mol. The van der Waals surface area contributed by atoms with Gasteiger partial charge in [0.1, 0.15) is 0 Å². The van der Waals surface area contributed by atoms with E-state index in [1.807, 2.05) is 32.2 Å². The molecule has 0 atom stereocenters. The van der Waals surface area contributed by atoms with E-state index < -0.39 is 0 Å². The molecule has 100 valence electrons. The average Bonchev–Trinajstić information content (AvgIpc) is 2.39. The Balaban J connectivity index is 2.14. The maximum Gasteiger partial charge on any atom is 0.0603 e. The summed E-state index contributed by atoms with van der Waals surface area (Å²) in [5.41, 5.74) is 9.89. The predicted octanol–water partition coefficient (Wildman–Crippen LogP) is 4.88. The molecule has 0 fully saturated rings. The van der Waals surface area contributed by atoms with Gasteiger partial charge in [0.2, 0.25) is 0 Å². The van der Waals surface area contributed by atoms with Crippen LogP contribution < -0.4 is 5.73 Å². The van der Waals surface area contributed by atoms with Gasteiger partial charge in [-0.25, -0.2) is 0 Å². The maximum absolute atomic E-state index is 6.01. The first kappa shape index (κ1) is 14.5. The SMILES string of the molecule is Cc1cnc(CSc2ccc(Cl)c(Cl)c2)c(C)c1N. The number of nitrogens with two attached hydrogens (primary N) is 1. The summed E-state index contributed by atoms with van der Waals surface area (Å²) < 4.78 is 0. The number of halogens is 2. The quantitative estimate of drug-likeness (QED) is 0.821. The molecule has 1 heterocycles. The number of thioether (sulfide) groups is 1. The molecule has 0 saturated heterocycles. The lowest BCUT2D eigenvalue weighted by molar-refractivity contribution is 1.11. The molecule has 2 aromatic rings. The van der Waals surface area contributed by atoms with Crippen molar-refractivity contribution in [1.29, 1.82) is 0 Å². The Morgan fingerprint density at radius 1 is 1.21 bits per heavy atom. The second kappa shape index (κ2) is 6.04. The van der Waals surface area contributed by atoms with Crippen LogP contribution in [-0.4, -0.2) is 4.98 Å². The van der Waals surface area contributed by atoms with Crippen LogP contribution in [0.1, 0.15) is 16.8 Å². The fraction of sp³-hybridized carbons (Fsp3) is 0.214. The highest BCUT2D eigenvalue weighted by molar-refractivity contribution is 7.98. The molecular formula is C14H14Cl2N2S. The zero-order valence-electron chi connectivity index (χ0n) is 10.7. The van der Waals surface area contributed by atoms with E-state index in [0.717, 1.165) is 33.2 Å². The van der Waals surface area contributed by atoms with Gasteiger partial charge in [-0.1, -0.05) is 23.2 Å². The first-order chi connectivity index (χ1) is 8.99. The van der Waals surface area contributed by atoms with Crippen molar-refractivity contribution in [2.45, 2.75) is 24.5 Å². The minimum atomic E-state index is 0.569. The fourth-order valence-electron chi connectivity index (χ4n) is 1.66. The highest BCUT2D eigenvalue weighted by Gasteiger charge is 2.07. The van der Waals surface area contributed by atoms with E-state index >= 15 is 0 Å². The number of nitrogens with zero attached hydrogens (tertiary/aromatic N) is 1. The van der Waals surface area contributed by atoms with Crippen LogP contribution in [0.5, 0.6) is 0 Å². The summed E-state index contributed by atoms with van der Waals surface area (Å²) in [5, 5.41) is 1.14. The second-order valence-electron chi connectivity index (χ2n) is 4.29. The van der Waals surface area contributed by atoms with Crippen LogP contribution in [-0.2, 0) is 5.75 Å². The number of anilines is 1. The Hall–Kier alpha value is -0.900. The summed E-state index contributed by atoms with van der Waals surface area (Å²) in [4.78, 5) is 5.50. The molecule has 0 bridgehead atoms. The van der Waals surface area contributed by atoms with Gasteiger partial charge in [-0.3, -0.25) is 4.98 Å². The zero-order valence-corrected chi connectivity index (χ0v) is 13.0. The van der Waals surface area contributed by atoms with E-state index in [4.69, 9.17) is 28.9 Å². The van der Waals surface area contributed by atoms with Crippen molar-refractivity contribution in [3.8, 4) is 0 Å². The number of aryl methyl sites for hydroxylation is 1. The van der Waals surface area contributed by atoms with Crippen LogP contribution >= 0.6 is 35.0 Å². The lowest BCUT2D eigenvalue weighted by Gasteiger charge is -2.10. The smallest absolute Gasteiger partial charge is 0.0603 e. The minimum Gasteiger partial charge on any atom is -0.398 e. The van der Waals surface area contributed by atoms with Crippen molar-refractivity contribution >= 4 is 40.7 Å². The number of rotatable bonds is 3. The summed E-state index contributed by atoms with van der Waals surface area (Å²) in [6.07, 6.45) is 1.81. The number of aromatic nitrogens is 1. The molecule has 0 amide bonds. The third-order valence-electron chi connectivity index (χ3n) is 2.94. The molecule has 0 saturated carbocycles. The van der Waals surface area contributed by atoms with Gasteiger partial charge in [-0.05, 0) is 43.2 Å². The van der Waals surface area contributed by atoms with E-state index in [0.29, 0.717) is 10.0 Å². The third kappa shape index (κ3) is 3.35. The lowest BCUT2D eigenvalue weighted by Crippen LogP contribution is -2.00. The summed E-state index contributed by atoms with van der Waals surface area (Å²) >= 11 is 13.5. The van der Waals surface area contributed by atoms with Crippen molar-refractivity contribution in [2.24, 2.45) is 0 Å². The van der Waals surface area contributed by atoms with Gasteiger partial charge < -0.3 is 5.73 Å². The molecule has 0 radical (unpaired) electrons. The zero-order chi connectivity index (χ0) is 14.0. The largest absolute Gasteiger partial charge is 0.398 e. The summed E-state index contributed by atoms with van der Waals surface area (Å²) in [6, 6.07) is 5.61. The predicted molar refractivity (Wildman–Crippen MR) is 84.1 cm³/mol. The number of hydrogen-bond donors (Lipinski definition) is 1. The van der Waals surface area contributed by atoms with E-state index in [2.05, 4.69) is 4.98 Å². The van der Waals surface area contributed by atoms with Crippen LogP contribution in [0.15, 0.2) is 29.3 Å². The molecule has 19 heavy (non-hydrogen) atoms. The van der Waals surface area contributed by atoms with Crippen LogP contribution in [0.4, 0.5) is 5.69 Å². The number of pyridine rings is 1. The Labute approximate surface area is 127 Å². The summed E-state index contributed by atoms with van der Waals surface area (Å²) in [7, 11) is 0. The lowest BCUT2D eigenvalue weighted by atomic mass is 10.1. The van der Waals surface area contributed by atoms with E-state index in [9.17, 15) is 0 Å². The molecule has 5 heteroatoms. The van der Waals surface area contributed by atoms with Crippen molar-refractivity contribution in [1.82, 2.24) is 4.98 Å². The topological polar surface area (TPSA) is 38.9 Å². The Morgan fingerprint density at radius 3 is 2.63 bits per heavy atom. The number of hydrogen-bond acceptors (Lipinski definition) is 3. The molecule has 0 aliphatic heterocycles. The molecule has 0 spiro atoms. The van der Waals surface area contributed by atoms with Crippen LogP contribution in [0.3, 0.4) is 0 Å². The van der Waals surface area contributed by atoms with Crippen molar-refractivity contribution < 1.29 is 0 Å². The standard InChI is InChI=1S/C14H14Cl2N2S/c1-8-6-18-13(9(2)14(8)17)7-19-10-3-4-11(15)12(16)5-10/h3-6H,7H2,1-2H3,(H2,17,18). The third-order valence-corrected chi connectivity index (χ3v) is 4.69. The van der Waals surface area contributed by atoms with Gasteiger partial charge in [0.25, 0.3) is 0 Å². The second-order valence-corrected chi connectivity index (χ2v) is 6.15. The van der Waals surface area contributed by atoms with E-state index in [1.165, 1.54) is 0 Å². The molecule has 2 N–H and O–H groups in total.